The minimum Gasteiger partial charge on any atom is -0.385 e. The van der Waals surface area contributed by atoms with Crippen LogP contribution in [0, 0.1) is 29.0 Å². The number of aliphatic hydroxyl groups is 1. The van der Waals surface area contributed by atoms with Crippen LogP contribution in [0.1, 0.15) is 44.9 Å². The highest BCUT2D eigenvalue weighted by Gasteiger charge is 2.50. The standard InChI is InChI=1S/C25H37FN2O2/c26-23-3-1-2-4-24(23)28-8-6-27(7-9-28)17-22(29)18-30-10-5-25-14-19-11-20(15-25)13-21(12-19)16-25/h1-4,19-22,29H,5-18H2/p+1/t19?,20?,21?,22-,25?/m1/s1. The summed E-state index contributed by atoms with van der Waals surface area (Å²) >= 11 is 0. The zero-order chi connectivity index (χ0) is 20.6. The number of nitrogens with zero attached hydrogens (tertiary/aromatic N) is 1. The largest absolute Gasteiger partial charge is 0.385 e. The van der Waals surface area contributed by atoms with Gasteiger partial charge in [0.15, 0.2) is 0 Å². The molecule has 1 saturated heterocycles. The van der Waals surface area contributed by atoms with Crippen molar-refractivity contribution in [1.29, 1.82) is 0 Å². The minimum atomic E-state index is -0.406. The second kappa shape index (κ2) is 8.76. The van der Waals surface area contributed by atoms with E-state index in [1.54, 1.807) is 6.07 Å². The van der Waals surface area contributed by atoms with E-state index in [1.165, 1.54) is 55.9 Å². The lowest BCUT2D eigenvalue weighted by Crippen LogP contribution is -3.16. The van der Waals surface area contributed by atoms with Gasteiger partial charge in [0.2, 0.25) is 0 Å². The molecule has 0 unspecified atom stereocenters. The number of para-hydroxylation sites is 1. The number of aliphatic hydroxyl groups excluding tert-OH is 1. The molecule has 1 aromatic carbocycles. The highest BCUT2D eigenvalue weighted by Crippen LogP contribution is 2.61. The number of rotatable bonds is 8. The van der Waals surface area contributed by atoms with Crippen LogP contribution < -0.4 is 9.80 Å². The van der Waals surface area contributed by atoms with Crippen molar-refractivity contribution in [3.05, 3.63) is 30.1 Å². The molecule has 0 amide bonds. The Morgan fingerprint density at radius 2 is 1.70 bits per heavy atom. The molecule has 0 radical (unpaired) electrons. The fraction of sp³-hybridized carbons (Fsp3) is 0.760. The van der Waals surface area contributed by atoms with Crippen LogP contribution in [0.15, 0.2) is 24.3 Å². The average Bonchev–Trinajstić information content (AvgIpc) is 2.71. The molecule has 1 aliphatic heterocycles. The molecule has 1 heterocycles. The third-order valence-corrected chi connectivity index (χ3v) is 8.44. The van der Waals surface area contributed by atoms with Crippen molar-refractivity contribution in [3.8, 4) is 0 Å². The summed E-state index contributed by atoms with van der Waals surface area (Å²) in [6.07, 6.45) is 9.56. The first-order valence-corrected chi connectivity index (χ1v) is 12.2. The van der Waals surface area contributed by atoms with Crippen LogP contribution >= 0.6 is 0 Å². The molecule has 1 atom stereocenters. The second-order valence-corrected chi connectivity index (χ2v) is 10.8. The first-order chi connectivity index (χ1) is 14.6. The number of ether oxygens (including phenoxy) is 1. The molecular weight excluding hydrogens is 379 g/mol. The summed E-state index contributed by atoms with van der Waals surface area (Å²) in [5.41, 5.74) is 1.26. The Bertz CT molecular complexity index is 684. The lowest BCUT2D eigenvalue weighted by molar-refractivity contribution is -0.903. The molecule has 5 fully saturated rings. The van der Waals surface area contributed by atoms with Gasteiger partial charge in [-0.25, -0.2) is 4.39 Å². The van der Waals surface area contributed by atoms with Gasteiger partial charge < -0.3 is 19.6 Å². The molecule has 4 nitrogen and oxygen atoms in total. The first-order valence-electron chi connectivity index (χ1n) is 12.2. The normalized spacial score (nSPS) is 34.5. The Labute approximate surface area is 180 Å². The summed E-state index contributed by atoms with van der Waals surface area (Å²) in [6.45, 7) is 5.50. The van der Waals surface area contributed by atoms with Crippen molar-refractivity contribution in [3.63, 3.8) is 0 Å². The van der Waals surface area contributed by atoms with E-state index in [-0.39, 0.29) is 5.82 Å². The SMILES string of the molecule is O[C@@H](COCCC12CC3CC(CC(C3)C1)C2)C[NH+]1CCN(c2ccccc2F)CC1. The van der Waals surface area contributed by atoms with Crippen LogP contribution in [0.2, 0.25) is 0 Å². The lowest BCUT2D eigenvalue weighted by Gasteiger charge is -2.57. The maximum absolute atomic E-state index is 14.0. The van der Waals surface area contributed by atoms with Gasteiger partial charge in [-0.2, -0.15) is 0 Å². The van der Waals surface area contributed by atoms with Gasteiger partial charge >= 0.3 is 0 Å². The zero-order valence-corrected chi connectivity index (χ0v) is 18.2. The molecule has 4 aliphatic carbocycles. The number of anilines is 1. The maximum Gasteiger partial charge on any atom is 0.146 e. The number of halogens is 1. The number of hydrogen-bond donors (Lipinski definition) is 2. The summed E-state index contributed by atoms with van der Waals surface area (Å²) in [6, 6.07) is 7.01. The van der Waals surface area contributed by atoms with E-state index in [2.05, 4.69) is 4.90 Å². The van der Waals surface area contributed by atoms with E-state index >= 15 is 0 Å². The predicted molar refractivity (Wildman–Crippen MR) is 116 cm³/mol. The van der Waals surface area contributed by atoms with Crippen LogP contribution in [0.25, 0.3) is 0 Å². The van der Waals surface area contributed by atoms with E-state index in [9.17, 15) is 9.50 Å². The molecular formula is C25H38FN2O2+. The maximum atomic E-state index is 14.0. The van der Waals surface area contributed by atoms with Crippen molar-refractivity contribution in [1.82, 2.24) is 0 Å². The fourth-order valence-electron chi connectivity index (χ4n) is 7.47. The van der Waals surface area contributed by atoms with Gasteiger partial charge in [0.25, 0.3) is 0 Å². The number of piperazine rings is 1. The van der Waals surface area contributed by atoms with Gasteiger partial charge in [0, 0.05) is 6.61 Å². The molecule has 4 saturated carbocycles. The Hall–Kier alpha value is -1.17. The van der Waals surface area contributed by atoms with Gasteiger partial charge in [-0.3, -0.25) is 0 Å². The molecule has 166 valence electrons. The van der Waals surface area contributed by atoms with Gasteiger partial charge in [0.05, 0.1) is 38.5 Å². The molecule has 1 aromatic rings. The third-order valence-electron chi connectivity index (χ3n) is 8.44. The minimum absolute atomic E-state index is 0.145. The fourth-order valence-corrected chi connectivity index (χ4v) is 7.47. The Morgan fingerprint density at radius 3 is 2.33 bits per heavy atom. The van der Waals surface area contributed by atoms with Gasteiger partial charge in [0.1, 0.15) is 18.5 Å². The number of nitrogens with one attached hydrogen (secondary N) is 1. The highest BCUT2D eigenvalue weighted by atomic mass is 19.1. The van der Waals surface area contributed by atoms with Crippen molar-refractivity contribution < 1.29 is 19.1 Å². The average molecular weight is 418 g/mol. The molecule has 4 bridgehead atoms. The summed E-state index contributed by atoms with van der Waals surface area (Å²) in [4.78, 5) is 3.51. The van der Waals surface area contributed by atoms with Crippen molar-refractivity contribution in [2.45, 2.75) is 51.0 Å². The number of quaternary nitrogens is 1. The number of hydrogen-bond acceptors (Lipinski definition) is 3. The van der Waals surface area contributed by atoms with Gasteiger partial charge in [-0.05, 0) is 80.2 Å². The van der Waals surface area contributed by atoms with Crippen LogP contribution in [-0.4, -0.2) is 57.1 Å². The zero-order valence-electron chi connectivity index (χ0n) is 18.2. The number of benzene rings is 1. The summed E-state index contributed by atoms with van der Waals surface area (Å²) in [5.74, 6) is 2.84. The van der Waals surface area contributed by atoms with E-state index in [0.717, 1.165) is 57.1 Å². The molecule has 2 N–H and O–H groups in total. The second-order valence-electron chi connectivity index (χ2n) is 10.8. The van der Waals surface area contributed by atoms with Crippen LogP contribution in [0.3, 0.4) is 0 Å². The smallest absolute Gasteiger partial charge is 0.146 e. The van der Waals surface area contributed by atoms with Crippen LogP contribution in [0.5, 0.6) is 0 Å². The first kappa shape index (κ1) is 20.7. The van der Waals surface area contributed by atoms with E-state index in [1.807, 2.05) is 12.1 Å². The monoisotopic (exact) mass is 417 g/mol. The lowest BCUT2D eigenvalue weighted by atomic mass is 9.49. The highest BCUT2D eigenvalue weighted by molar-refractivity contribution is 5.47. The Morgan fingerprint density at radius 1 is 1.07 bits per heavy atom. The van der Waals surface area contributed by atoms with Crippen LogP contribution in [0.4, 0.5) is 10.1 Å². The molecule has 5 heteroatoms. The molecule has 0 aromatic heterocycles. The quantitative estimate of drug-likeness (QED) is 0.639. The van der Waals surface area contributed by atoms with Crippen molar-refractivity contribution in [2.24, 2.45) is 23.2 Å². The summed E-state index contributed by atoms with van der Waals surface area (Å²) < 4.78 is 19.9. The van der Waals surface area contributed by atoms with Gasteiger partial charge in [-0.15, -0.1) is 0 Å². The van der Waals surface area contributed by atoms with Crippen LogP contribution in [-0.2, 0) is 4.74 Å². The van der Waals surface area contributed by atoms with Crippen molar-refractivity contribution in [2.75, 3.05) is 50.8 Å². The Balaban J connectivity index is 1.00. The Kier molecular flexibility index (Phi) is 6.05. The van der Waals surface area contributed by atoms with E-state index in [0.29, 0.717) is 17.7 Å². The molecule has 30 heavy (non-hydrogen) atoms. The summed E-state index contributed by atoms with van der Waals surface area (Å²) in [7, 11) is 0. The molecule has 5 aliphatic rings. The predicted octanol–water partition coefficient (Wildman–Crippen LogP) is 2.51. The molecule has 0 spiro atoms. The topological polar surface area (TPSA) is 37.1 Å². The summed E-state index contributed by atoms with van der Waals surface area (Å²) in [5, 5.41) is 10.5. The van der Waals surface area contributed by atoms with Gasteiger partial charge in [-0.1, -0.05) is 12.1 Å². The van der Waals surface area contributed by atoms with Crippen molar-refractivity contribution >= 4 is 5.69 Å². The molecule has 6 rings (SSSR count). The van der Waals surface area contributed by atoms with E-state index in [4.69, 9.17) is 4.74 Å². The van der Waals surface area contributed by atoms with E-state index < -0.39 is 6.10 Å². The third kappa shape index (κ3) is 4.53.